The molecule has 0 unspecified atom stereocenters. The first-order chi connectivity index (χ1) is 13.6. The zero-order valence-electron chi connectivity index (χ0n) is 16.4. The first kappa shape index (κ1) is 18.3. The van der Waals surface area contributed by atoms with Gasteiger partial charge < -0.3 is 15.1 Å². The van der Waals surface area contributed by atoms with Gasteiger partial charge in [0, 0.05) is 51.1 Å². The van der Waals surface area contributed by atoms with E-state index in [2.05, 4.69) is 51.5 Å². The zero-order valence-corrected chi connectivity index (χ0v) is 16.4. The Morgan fingerprint density at radius 3 is 2.14 bits per heavy atom. The summed E-state index contributed by atoms with van der Waals surface area (Å²) in [5.74, 6) is 0. The zero-order chi connectivity index (χ0) is 19.5. The number of hydrogen-bond donors (Lipinski definition) is 1. The fraction of sp³-hybridized carbons (Fsp3) is 0.333. The van der Waals surface area contributed by atoms with Crippen LogP contribution in [0.3, 0.4) is 0 Å². The predicted octanol–water partition coefficient (Wildman–Crippen LogP) is 1.93. The molecule has 146 valence electrons. The van der Waals surface area contributed by atoms with Crippen molar-refractivity contribution in [1.29, 1.82) is 0 Å². The highest BCUT2D eigenvalue weighted by molar-refractivity contribution is 5.51. The van der Waals surface area contributed by atoms with E-state index in [0.29, 0.717) is 0 Å². The SMILES string of the molecule is CN1CCN(c2ccc(CNc3ccc(-n4ncn(C)c4=O)cc3)cc2)CC1. The smallest absolute Gasteiger partial charge is 0.350 e. The number of benzene rings is 2. The molecule has 3 aromatic rings. The molecule has 1 aliphatic heterocycles. The molecule has 1 aromatic heterocycles. The molecule has 7 heteroatoms. The van der Waals surface area contributed by atoms with Crippen molar-refractivity contribution < 1.29 is 0 Å². The van der Waals surface area contributed by atoms with Gasteiger partial charge in [-0.15, -0.1) is 0 Å². The minimum atomic E-state index is -0.152. The highest BCUT2D eigenvalue weighted by Gasteiger charge is 2.13. The third-order valence-electron chi connectivity index (χ3n) is 5.24. The highest BCUT2D eigenvalue weighted by Crippen LogP contribution is 2.18. The maximum absolute atomic E-state index is 12.0. The molecule has 1 aliphatic rings. The fourth-order valence-corrected chi connectivity index (χ4v) is 3.37. The summed E-state index contributed by atoms with van der Waals surface area (Å²) in [5, 5.41) is 7.53. The van der Waals surface area contributed by atoms with E-state index in [1.807, 2.05) is 24.3 Å². The fourth-order valence-electron chi connectivity index (χ4n) is 3.37. The Balaban J connectivity index is 1.35. The normalized spacial score (nSPS) is 15.0. The number of nitrogens with one attached hydrogen (secondary N) is 1. The molecule has 7 nitrogen and oxygen atoms in total. The van der Waals surface area contributed by atoms with Crippen LogP contribution >= 0.6 is 0 Å². The summed E-state index contributed by atoms with van der Waals surface area (Å²) in [4.78, 5) is 16.8. The van der Waals surface area contributed by atoms with Gasteiger partial charge in [-0.3, -0.25) is 4.57 Å². The quantitative estimate of drug-likeness (QED) is 0.735. The first-order valence-corrected chi connectivity index (χ1v) is 9.57. The summed E-state index contributed by atoms with van der Waals surface area (Å²) in [7, 11) is 3.87. The van der Waals surface area contributed by atoms with Crippen molar-refractivity contribution in [2.75, 3.05) is 43.4 Å². The average molecular weight is 378 g/mol. The molecular formula is C21H26N6O. The lowest BCUT2D eigenvalue weighted by Gasteiger charge is -2.34. The predicted molar refractivity (Wildman–Crippen MR) is 112 cm³/mol. The van der Waals surface area contributed by atoms with Crippen molar-refractivity contribution in [2.24, 2.45) is 7.05 Å². The van der Waals surface area contributed by atoms with Gasteiger partial charge in [0.25, 0.3) is 0 Å². The van der Waals surface area contributed by atoms with Crippen LogP contribution in [-0.2, 0) is 13.6 Å². The molecule has 1 saturated heterocycles. The molecular weight excluding hydrogens is 352 g/mol. The number of nitrogens with zero attached hydrogens (tertiary/aromatic N) is 5. The maximum Gasteiger partial charge on any atom is 0.350 e. The van der Waals surface area contributed by atoms with E-state index in [0.717, 1.165) is 44.1 Å². The minimum Gasteiger partial charge on any atom is -0.381 e. The summed E-state index contributed by atoms with van der Waals surface area (Å²) in [6, 6.07) is 16.5. The molecule has 0 aliphatic carbocycles. The van der Waals surface area contributed by atoms with Gasteiger partial charge in [0.1, 0.15) is 6.33 Å². The number of aryl methyl sites for hydroxylation is 1. The Kier molecular flexibility index (Phi) is 5.16. The lowest BCUT2D eigenvalue weighted by Crippen LogP contribution is -2.44. The molecule has 0 bridgehead atoms. The summed E-state index contributed by atoms with van der Waals surface area (Å²) < 4.78 is 2.85. The van der Waals surface area contributed by atoms with Crippen molar-refractivity contribution in [3.8, 4) is 5.69 Å². The molecule has 4 rings (SSSR count). The van der Waals surface area contributed by atoms with Crippen LogP contribution in [0.4, 0.5) is 11.4 Å². The molecule has 1 N–H and O–H groups in total. The summed E-state index contributed by atoms with van der Waals surface area (Å²) in [6.07, 6.45) is 1.51. The lowest BCUT2D eigenvalue weighted by molar-refractivity contribution is 0.313. The van der Waals surface area contributed by atoms with Crippen molar-refractivity contribution in [3.63, 3.8) is 0 Å². The number of hydrogen-bond acceptors (Lipinski definition) is 5. The Morgan fingerprint density at radius 1 is 0.893 bits per heavy atom. The second kappa shape index (κ2) is 7.90. The van der Waals surface area contributed by atoms with Crippen LogP contribution in [0.1, 0.15) is 5.56 Å². The van der Waals surface area contributed by atoms with Crippen LogP contribution in [0.2, 0.25) is 0 Å². The van der Waals surface area contributed by atoms with E-state index in [1.165, 1.54) is 26.8 Å². The molecule has 0 radical (unpaired) electrons. The number of piperazine rings is 1. The van der Waals surface area contributed by atoms with Crippen LogP contribution < -0.4 is 15.9 Å². The standard InChI is InChI=1S/C21H26N6O/c1-24-11-13-26(14-12-24)19-7-3-17(4-8-19)15-22-18-5-9-20(10-6-18)27-21(28)25(2)16-23-27/h3-10,16,22H,11-15H2,1-2H3. The van der Waals surface area contributed by atoms with E-state index in [9.17, 15) is 4.79 Å². The molecule has 2 aromatic carbocycles. The topological polar surface area (TPSA) is 58.3 Å². The first-order valence-electron chi connectivity index (χ1n) is 9.57. The average Bonchev–Trinajstić information content (AvgIpc) is 3.06. The number of likely N-dealkylation sites (N-methyl/N-ethyl adjacent to an activating group) is 1. The summed E-state index contributed by atoms with van der Waals surface area (Å²) >= 11 is 0. The van der Waals surface area contributed by atoms with E-state index in [-0.39, 0.29) is 5.69 Å². The van der Waals surface area contributed by atoms with Gasteiger partial charge in [-0.2, -0.15) is 9.78 Å². The van der Waals surface area contributed by atoms with Crippen molar-refractivity contribution in [2.45, 2.75) is 6.54 Å². The van der Waals surface area contributed by atoms with Crippen LogP contribution in [-0.4, -0.2) is 52.5 Å². The second-order valence-corrected chi connectivity index (χ2v) is 7.29. The second-order valence-electron chi connectivity index (χ2n) is 7.29. The number of rotatable bonds is 5. The number of anilines is 2. The molecule has 0 atom stereocenters. The maximum atomic E-state index is 12.0. The van der Waals surface area contributed by atoms with Gasteiger partial charge in [-0.05, 0) is 49.0 Å². The van der Waals surface area contributed by atoms with Crippen LogP contribution in [0, 0.1) is 0 Å². The van der Waals surface area contributed by atoms with Crippen LogP contribution in [0.5, 0.6) is 0 Å². The third-order valence-corrected chi connectivity index (χ3v) is 5.24. The van der Waals surface area contributed by atoms with Crippen molar-refractivity contribution in [1.82, 2.24) is 19.2 Å². The highest BCUT2D eigenvalue weighted by atomic mass is 16.2. The van der Waals surface area contributed by atoms with E-state index in [4.69, 9.17) is 0 Å². The monoisotopic (exact) mass is 378 g/mol. The molecule has 0 amide bonds. The van der Waals surface area contributed by atoms with Crippen molar-refractivity contribution in [3.05, 3.63) is 70.9 Å². The Bertz CT molecular complexity index is 965. The third kappa shape index (κ3) is 3.94. The Labute approximate surface area is 164 Å². The number of aromatic nitrogens is 3. The molecule has 1 fully saturated rings. The molecule has 2 heterocycles. The van der Waals surface area contributed by atoms with E-state index < -0.39 is 0 Å². The van der Waals surface area contributed by atoms with E-state index in [1.54, 1.807) is 7.05 Å². The Hall–Kier alpha value is -3.06. The van der Waals surface area contributed by atoms with Gasteiger partial charge in [0.2, 0.25) is 0 Å². The molecule has 0 saturated carbocycles. The Morgan fingerprint density at radius 2 is 1.54 bits per heavy atom. The lowest BCUT2D eigenvalue weighted by atomic mass is 10.1. The van der Waals surface area contributed by atoms with Crippen molar-refractivity contribution >= 4 is 11.4 Å². The van der Waals surface area contributed by atoms with Gasteiger partial charge in [-0.1, -0.05) is 12.1 Å². The van der Waals surface area contributed by atoms with Gasteiger partial charge in [-0.25, -0.2) is 4.79 Å². The van der Waals surface area contributed by atoms with Gasteiger partial charge in [0.05, 0.1) is 5.69 Å². The summed E-state index contributed by atoms with van der Waals surface area (Å²) in [5.41, 5.74) is 4.15. The summed E-state index contributed by atoms with van der Waals surface area (Å²) in [6.45, 7) is 5.15. The van der Waals surface area contributed by atoms with Crippen LogP contribution in [0.15, 0.2) is 59.7 Å². The molecule has 28 heavy (non-hydrogen) atoms. The van der Waals surface area contributed by atoms with E-state index >= 15 is 0 Å². The van der Waals surface area contributed by atoms with Crippen LogP contribution in [0.25, 0.3) is 5.69 Å². The minimum absolute atomic E-state index is 0.152. The van der Waals surface area contributed by atoms with Gasteiger partial charge >= 0.3 is 5.69 Å². The molecule has 0 spiro atoms. The van der Waals surface area contributed by atoms with Gasteiger partial charge in [0.15, 0.2) is 0 Å². The largest absolute Gasteiger partial charge is 0.381 e.